The van der Waals surface area contributed by atoms with Crippen LogP contribution in [0.5, 0.6) is 0 Å². The molecule has 0 radical (unpaired) electrons. The normalized spacial score (nSPS) is 32.9. The van der Waals surface area contributed by atoms with Crippen molar-refractivity contribution in [3.8, 4) is 12.3 Å². The lowest BCUT2D eigenvalue weighted by Gasteiger charge is -2.57. The van der Waals surface area contributed by atoms with Crippen LogP contribution >= 0.6 is 0 Å². The van der Waals surface area contributed by atoms with Crippen molar-refractivity contribution >= 4 is 29.3 Å². The van der Waals surface area contributed by atoms with Crippen LogP contribution in [0.3, 0.4) is 0 Å². The van der Waals surface area contributed by atoms with Gasteiger partial charge in [-0.3, -0.25) is 4.57 Å². The van der Waals surface area contributed by atoms with E-state index in [0.717, 1.165) is 30.6 Å². The Hall–Kier alpha value is -3.66. The quantitative estimate of drug-likeness (QED) is 0.191. The Labute approximate surface area is 242 Å². The number of hydrogen-bond donors (Lipinski definition) is 1. The van der Waals surface area contributed by atoms with Crippen LogP contribution in [0.15, 0.2) is 6.33 Å². The molecule has 1 aliphatic heterocycles. The number of ether oxygens (including phenoxy) is 5. The fourth-order valence-electron chi connectivity index (χ4n) is 8.15. The minimum Gasteiger partial charge on any atom is -0.435 e. The molecular formula is C29H36FN5O7. The number of nitrogens with two attached hydrogens (primary N) is 1. The third-order valence-electron chi connectivity index (χ3n) is 9.40. The van der Waals surface area contributed by atoms with Gasteiger partial charge in [-0.2, -0.15) is 14.4 Å². The van der Waals surface area contributed by atoms with E-state index in [1.54, 1.807) is 6.92 Å². The first-order valence-corrected chi connectivity index (χ1v) is 14.7. The number of anilines is 1. The molecule has 4 bridgehead atoms. The van der Waals surface area contributed by atoms with Crippen LogP contribution < -0.4 is 5.73 Å². The van der Waals surface area contributed by atoms with Gasteiger partial charge in [-0.05, 0) is 81.5 Å². The van der Waals surface area contributed by atoms with E-state index in [2.05, 4.69) is 20.9 Å². The fraction of sp³-hybridized carbons (Fsp3) is 0.690. The summed E-state index contributed by atoms with van der Waals surface area (Å²) in [5.41, 5.74) is 4.71. The van der Waals surface area contributed by atoms with Gasteiger partial charge in [-0.1, -0.05) is 5.92 Å². The summed E-state index contributed by atoms with van der Waals surface area (Å²) in [6, 6.07) is 0. The molecule has 42 heavy (non-hydrogen) atoms. The zero-order chi connectivity index (χ0) is 29.5. The molecule has 2 aromatic heterocycles. The van der Waals surface area contributed by atoms with E-state index in [4.69, 9.17) is 35.8 Å². The Morgan fingerprint density at radius 1 is 1.12 bits per heavy atom. The van der Waals surface area contributed by atoms with Gasteiger partial charge in [0.25, 0.3) is 0 Å². The highest BCUT2D eigenvalue weighted by molar-refractivity contribution is 5.81. The van der Waals surface area contributed by atoms with Crippen LogP contribution in [0.1, 0.15) is 70.9 Å². The molecule has 5 fully saturated rings. The van der Waals surface area contributed by atoms with Gasteiger partial charge in [0.05, 0.1) is 19.5 Å². The SMILES string of the molecule is C#C[C@]1(COC(=O)OCCCC23CC4CC(CC(C4)C2)C3)O[C@@H](n2cnc3c(N)nc(F)nc32)C[C@@H]1OC(=O)OCC. The minimum atomic E-state index is -1.69. The highest BCUT2D eigenvalue weighted by Crippen LogP contribution is 2.61. The molecule has 0 unspecified atom stereocenters. The average Bonchev–Trinajstić information content (AvgIpc) is 3.51. The Morgan fingerprint density at radius 2 is 1.83 bits per heavy atom. The number of rotatable bonds is 9. The van der Waals surface area contributed by atoms with E-state index in [9.17, 15) is 14.0 Å². The number of aromatic nitrogens is 4. The lowest BCUT2D eigenvalue weighted by molar-refractivity contribution is -0.105. The van der Waals surface area contributed by atoms with Crippen molar-refractivity contribution in [2.75, 3.05) is 25.6 Å². The van der Waals surface area contributed by atoms with Gasteiger partial charge in [0, 0.05) is 6.42 Å². The molecule has 0 spiro atoms. The summed E-state index contributed by atoms with van der Waals surface area (Å²) in [6.07, 6.45) is 12.2. The molecule has 2 N–H and O–H groups in total. The average molecular weight is 586 g/mol. The molecule has 1 saturated heterocycles. The van der Waals surface area contributed by atoms with Crippen molar-refractivity contribution in [3.63, 3.8) is 0 Å². The summed E-state index contributed by atoms with van der Waals surface area (Å²) in [7, 11) is 0. The second-order valence-corrected chi connectivity index (χ2v) is 12.2. The maximum atomic E-state index is 13.9. The van der Waals surface area contributed by atoms with Gasteiger partial charge < -0.3 is 29.4 Å². The van der Waals surface area contributed by atoms with E-state index in [1.807, 2.05) is 0 Å². The largest absolute Gasteiger partial charge is 0.508 e. The Bertz CT molecular complexity index is 1360. The molecule has 13 heteroatoms. The number of carbonyl (C=O) groups excluding carboxylic acids is 2. The first-order chi connectivity index (χ1) is 20.2. The van der Waals surface area contributed by atoms with Gasteiger partial charge in [-0.25, -0.2) is 14.6 Å². The van der Waals surface area contributed by atoms with Gasteiger partial charge in [0.15, 0.2) is 23.1 Å². The van der Waals surface area contributed by atoms with Crippen molar-refractivity contribution in [2.45, 2.75) is 82.6 Å². The number of nitrogens with zero attached hydrogens (tertiary/aromatic N) is 4. The lowest BCUT2D eigenvalue weighted by atomic mass is 9.48. The summed E-state index contributed by atoms with van der Waals surface area (Å²) in [5.74, 6) is 4.94. The van der Waals surface area contributed by atoms with Crippen molar-refractivity contribution in [1.82, 2.24) is 19.5 Å². The third kappa shape index (κ3) is 5.44. The summed E-state index contributed by atoms with van der Waals surface area (Å²) >= 11 is 0. The number of carbonyl (C=O) groups is 2. The van der Waals surface area contributed by atoms with Crippen LogP contribution in [0.4, 0.5) is 19.8 Å². The molecule has 0 amide bonds. The van der Waals surface area contributed by atoms with E-state index >= 15 is 0 Å². The van der Waals surface area contributed by atoms with Gasteiger partial charge in [0.1, 0.15) is 12.8 Å². The van der Waals surface area contributed by atoms with E-state index in [-0.39, 0.29) is 36.6 Å². The van der Waals surface area contributed by atoms with Gasteiger partial charge in [0.2, 0.25) is 5.60 Å². The predicted molar refractivity (Wildman–Crippen MR) is 145 cm³/mol. The predicted octanol–water partition coefficient (Wildman–Crippen LogP) is 4.53. The molecule has 2 aromatic rings. The van der Waals surface area contributed by atoms with E-state index < -0.39 is 42.9 Å². The molecule has 4 saturated carbocycles. The third-order valence-corrected chi connectivity index (χ3v) is 9.40. The first kappa shape index (κ1) is 28.5. The van der Waals surface area contributed by atoms with Crippen LogP contribution in [-0.2, 0) is 23.7 Å². The highest BCUT2D eigenvalue weighted by Gasteiger charge is 2.53. The van der Waals surface area contributed by atoms with Crippen molar-refractivity contribution in [1.29, 1.82) is 0 Å². The highest BCUT2D eigenvalue weighted by atomic mass is 19.1. The zero-order valence-electron chi connectivity index (χ0n) is 23.6. The van der Waals surface area contributed by atoms with E-state index in [1.165, 1.54) is 49.4 Å². The molecule has 7 rings (SSSR count). The maximum absolute atomic E-state index is 13.9. The molecule has 4 aliphatic carbocycles. The number of fused-ring (bicyclic) bond motifs is 1. The molecule has 12 nitrogen and oxygen atoms in total. The van der Waals surface area contributed by atoms with Crippen molar-refractivity contribution in [3.05, 3.63) is 12.4 Å². The standard InChI is InChI=1S/C29H36FN5O7/c1-3-29(15-40-26(36)39-7-5-6-28-12-17-8-18(13-28)10-19(9-17)14-28)20(41-27(37)38-4-2)11-21(42-29)35-16-32-22-23(31)33-25(30)34-24(22)35/h1,16-21H,4-15H2,2H3,(H2,31,33,34)/t17?,18?,19?,20-,21+,28?,29+/m0/s1. The van der Waals surface area contributed by atoms with Gasteiger partial charge in [-0.15, -0.1) is 6.42 Å². The van der Waals surface area contributed by atoms with Crippen LogP contribution in [0.25, 0.3) is 11.2 Å². The van der Waals surface area contributed by atoms with Gasteiger partial charge >= 0.3 is 18.4 Å². The first-order valence-electron chi connectivity index (χ1n) is 14.7. The Morgan fingerprint density at radius 3 is 2.50 bits per heavy atom. The smallest absolute Gasteiger partial charge is 0.435 e. The fourth-order valence-corrected chi connectivity index (χ4v) is 8.15. The second kappa shape index (κ2) is 11.2. The minimum absolute atomic E-state index is 0.00345. The number of hydrogen-bond acceptors (Lipinski definition) is 11. The number of terminal acetylenes is 1. The molecular weight excluding hydrogens is 549 g/mol. The van der Waals surface area contributed by atoms with Crippen molar-refractivity contribution in [2.24, 2.45) is 23.2 Å². The Kier molecular flexibility index (Phi) is 7.59. The zero-order valence-corrected chi connectivity index (χ0v) is 23.6. The molecule has 3 heterocycles. The second-order valence-electron chi connectivity index (χ2n) is 12.2. The summed E-state index contributed by atoms with van der Waals surface area (Å²) in [6.45, 7) is 1.48. The van der Waals surface area contributed by atoms with Crippen LogP contribution in [0.2, 0.25) is 0 Å². The summed E-state index contributed by atoms with van der Waals surface area (Å²) < 4.78 is 42.6. The maximum Gasteiger partial charge on any atom is 0.508 e. The summed E-state index contributed by atoms with van der Waals surface area (Å²) in [5, 5.41) is 0. The molecule has 0 aromatic carbocycles. The lowest BCUT2D eigenvalue weighted by Crippen LogP contribution is -2.46. The topological polar surface area (TPSA) is 150 Å². The van der Waals surface area contributed by atoms with Crippen molar-refractivity contribution < 1.29 is 37.7 Å². The number of halogens is 1. The summed E-state index contributed by atoms with van der Waals surface area (Å²) in [4.78, 5) is 36.2. The Balaban J connectivity index is 1.08. The molecule has 5 aliphatic rings. The monoisotopic (exact) mass is 585 g/mol. The number of imidazole rings is 1. The molecule has 3 atom stereocenters. The van der Waals surface area contributed by atoms with Crippen LogP contribution in [0, 0.1) is 41.6 Å². The van der Waals surface area contributed by atoms with E-state index in [0.29, 0.717) is 5.41 Å². The number of nitrogen functional groups attached to an aromatic ring is 1. The molecule has 226 valence electrons. The van der Waals surface area contributed by atoms with Crippen LogP contribution in [-0.4, -0.2) is 63.4 Å².